The third-order valence-electron chi connectivity index (χ3n) is 4.58. The number of hydrogen-bond donors (Lipinski definition) is 1. The van der Waals surface area contributed by atoms with E-state index >= 15 is 0 Å². The van der Waals surface area contributed by atoms with Crippen LogP contribution in [0.25, 0.3) is 0 Å². The highest BCUT2D eigenvalue weighted by Gasteiger charge is 2.22. The molecule has 0 unspecified atom stereocenters. The second-order valence-electron chi connectivity index (χ2n) is 6.37. The lowest BCUT2D eigenvalue weighted by Gasteiger charge is -2.33. The Bertz CT molecular complexity index is 808. The summed E-state index contributed by atoms with van der Waals surface area (Å²) in [6.45, 7) is 4.09. The van der Waals surface area contributed by atoms with Gasteiger partial charge in [-0.15, -0.1) is 0 Å². The van der Waals surface area contributed by atoms with Crippen LogP contribution >= 0.6 is 0 Å². The molecule has 2 aromatic rings. The fourth-order valence-electron chi connectivity index (χ4n) is 3.05. The third kappa shape index (κ3) is 4.22. The number of benzene rings is 1. The molecule has 0 atom stereocenters. The maximum absolute atomic E-state index is 12.4. The molecule has 1 aliphatic rings. The number of carbonyl (C=O) groups is 1. The summed E-state index contributed by atoms with van der Waals surface area (Å²) in [7, 11) is 1.63. The van der Waals surface area contributed by atoms with Crippen molar-refractivity contribution in [1.82, 2.24) is 15.1 Å². The Kier molecular flexibility index (Phi) is 5.55. The topological polar surface area (TPSA) is 76.5 Å². The summed E-state index contributed by atoms with van der Waals surface area (Å²) in [5.74, 6) is 0.696. The highest BCUT2D eigenvalue weighted by atomic mass is 16.5. The smallest absolute Gasteiger partial charge is 0.268 e. The molecule has 26 heavy (non-hydrogen) atoms. The zero-order valence-corrected chi connectivity index (χ0v) is 15.1. The van der Waals surface area contributed by atoms with E-state index in [1.54, 1.807) is 31.4 Å². The molecule has 7 heteroatoms. The van der Waals surface area contributed by atoms with Crippen LogP contribution in [0.5, 0.6) is 5.75 Å². The zero-order chi connectivity index (χ0) is 18.5. The molecule has 1 aromatic carbocycles. The summed E-state index contributed by atoms with van der Waals surface area (Å²) < 4.78 is 6.71. The van der Waals surface area contributed by atoms with E-state index in [9.17, 15) is 9.59 Å². The Morgan fingerprint density at radius 2 is 1.96 bits per heavy atom. The molecule has 1 aliphatic heterocycles. The number of amides is 1. The molecule has 138 valence electrons. The van der Waals surface area contributed by atoms with Crippen molar-refractivity contribution in [1.29, 1.82) is 0 Å². The van der Waals surface area contributed by atoms with Gasteiger partial charge in [0.15, 0.2) is 0 Å². The van der Waals surface area contributed by atoms with E-state index in [0.29, 0.717) is 12.2 Å². The van der Waals surface area contributed by atoms with Crippen molar-refractivity contribution >= 4 is 11.6 Å². The van der Waals surface area contributed by atoms with Crippen LogP contribution in [0.1, 0.15) is 30.1 Å². The number of ether oxygens (including phenoxy) is 1. The van der Waals surface area contributed by atoms with Crippen LogP contribution in [0.4, 0.5) is 5.69 Å². The van der Waals surface area contributed by atoms with Gasteiger partial charge in [0.1, 0.15) is 5.75 Å². The van der Waals surface area contributed by atoms with Crippen LogP contribution < -0.4 is 20.5 Å². The van der Waals surface area contributed by atoms with Gasteiger partial charge in [-0.3, -0.25) is 9.59 Å². The van der Waals surface area contributed by atoms with Crippen molar-refractivity contribution < 1.29 is 9.53 Å². The van der Waals surface area contributed by atoms with Crippen LogP contribution in [0.15, 0.2) is 41.3 Å². The first kappa shape index (κ1) is 18.0. The van der Waals surface area contributed by atoms with Gasteiger partial charge < -0.3 is 15.0 Å². The molecule has 2 heterocycles. The molecule has 0 radical (unpaired) electrons. The second kappa shape index (κ2) is 8.03. The fourth-order valence-corrected chi connectivity index (χ4v) is 3.05. The van der Waals surface area contributed by atoms with Crippen LogP contribution in [0.2, 0.25) is 0 Å². The summed E-state index contributed by atoms with van der Waals surface area (Å²) in [5.41, 5.74) is 1.35. The molecule has 0 bridgehead atoms. The van der Waals surface area contributed by atoms with Gasteiger partial charge in [-0.05, 0) is 44.0 Å². The van der Waals surface area contributed by atoms with E-state index in [1.165, 1.54) is 4.68 Å². The van der Waals surface area contributed by atoms with E-state index in [2.05, 4.69) is 15.3 Å². The first-order chi connectivity index (χ1) is 12.6. The molecule has 3 rings (SSSR count). The van der Waals surface area contributed by atoms with Gasteiger partial charge in [-0.1, -0.05) is 0 Å². The predicted octanol–water partition coefficient (Wildman–Crippen LogP) is 1.58. The van der Waals surface area contributed by atoms with Crippen LogP contribution in [0, 0.1) is 0 Å². The van der Waals surface area contributed by atoms with E-state index in [-0.39, 0.29) is 17.5 Å². The van der Waals surface area contributed by atoms with Gasteiger partial charge in [0, 0.05) is 37.8 Å². The summed E-state index contributed by atoms with van der Waals surface area (Å²) in [4.78, 5) is 26.3. The quantitative estimate of drug-likeness (QED) is 0.880. The zero-order valence-electron chi connectivity index (χ0n) is 15.1. The normalized spacial score (nSPS) is 14.9. The van der Waals surface area contributed by atoms with Gasteiger partial charge >= 0.3 is 0 Å². The fraction of sp³-hybridized carbons (Fsp3) is 0.421. The van der Waals surface area contributed by atoms with Gasteiger partial charge in [-0.25, -0.2) is 4.68 Å². The highest BCUT2D eigenvalue weighted by molar-refractivity contribution is 5.94. The largest absolute Gasteiger partial charge is 0.494 e. The van der Waals surface area contributed by atoms with Crippen LogP contribution in [-0.4, -0.2) is 41.4 Å². The molecule has 0 saturated carbocycles. The minimum Gasteiger partial charge on any atom is -0.494 e. The Hall–Kier alpha value is -2.83. The second-order valence-corrected chi connectivity index (χ2v) is 6.37. The molecule has 1 aromatic heterocycles. The average molecular weight is 356 g/mol. The number of anilines is 1. The lowest BCUT2D eigenvalue weighted by molar-refractivity contribution is 0.0931. The summed E-state index contributed by atoms with van der Waals surface area (Å²) >= 11 is 0. The van der Waals surface area contributed by atoms with Crippen LogP contribution in [-0.2, 0) is 7.05 Å². The molecule has 0 aliphatic carbocycles. The Labute approximate surface area is 152 Å². The van der Waals surface area contributed by atoms with Crippen LogP contribution in [0.3, 0.4) is 0 Å². The number of nitrogens with one attached hydrogen (secondary N) is 1. The summed E-state index contributed by atoms with van der Waals surface area (Å²) in [5, 5.41) is 7.15. The van der Waals surface area contributed by atoms with Gasteiger partial charge in [0.25, 0.3) is 11.5 Å². The number of aromatic nitrogens is 2. The lowest BCUT2D eigenvalue weighted by atomic mass is 10.0. The molecule has 1 saturated heterocycles. The SMILES string of the molecule is CCOc1ccc(C(=O)NC2CCN(c3cnn(C)c(=O)c3)CC2)cc1. The third-order valence-corrected chi connectivity index (χ3v) is 4.58. The van der Waals surface area contributed by atoms with Crippen molar-refractivity contribution in [2.45, 2.75) is 25.8 Å². The van der Waals surface area contributed by atoms with Crippen molar-refractivity contribution in [2.24, 2.45) is 7.05 Å². The van der Waals surface area contributed by atoms with Crippen molar-refractivity contribution in [3.8, 4) is 5.75 Å². The standard InChI is InChI=1S/C19H24N4O3/c1-3-26-17-6-4-14(5-7-17)19(25)21-15-8-10-23(11-9-15)16-12-18(24)22(2)20-13-16/h4-7,12-13,15H,3,8-11H2,1-2H3,(H,21,25). The Morgan fingerprint density at radius 3 is 2.58 bits per heavy atom. The molecular formula is C19H24N4O3. The number of aryl methyl sites for hydroxylation is 1. The number of nitrogens with zero attached hydrogens (tertiary/aromatic N) is 3. The minimum absolute atomic E-state index is 0.0678. The molecule has 7 nitrogen and oxygen atoms in total. The van der Waals surface area contributed by atoms with E-state index in [1.807, 2.05) is 19.1 Å². The average Bonchev–Trinajstić information content (AvgIpc) is 2.65. The van der Waals surface area contributed by atoms with Crippen molar-refractivity contribution in [2.75, 3.05) is 24.6 Å². The number of piperidine rings is 1. The maximum Gasteiger partial charge on any atom is 0.268 e. The molecular weight excluding hydrogens is 332 g/mol. The molecule has 1 fully saturated rings. The summed E-state index contributed by atoms with van der Waals surface area (Å²) in [6, 6.07) is 8.91. The predicted molar refractivity (Wildman–Crippen MR) is 99.8 cm³/mol. The number of carbonyl (C=O) groups excluding carboxylic acids is 1. The number of rotatable bonds is 5. The first-order valence-electron chi connectivity index (χ1n) is 8.89. The highest BCUT2D eigenvalue weighted by Crippen LogP contribution is 2.18. The van der Waals surface area contributed by atoms with Gasteiger partial charge in [0.05, 0.1) is 18.5 Å². The lowest BCUT2D eigenvalue weighted by Crippen LogP contribution is -2.45. The Morgan fingerprint density at radius 1 is 1.27 bits per heavy atom. The van der Waals surface area contributed by atoms with Gasteiger partial charge in [-0.2, -0.15) is 5.10 Å². The monoisotopic (exact) mass is 356 g/mol. The molecule has 0 spiro atoms. The van der Waals surface area contributed by atoms with E-state index in [4.69, 9.17) is 4.74 Å². The van der Waals surface area contributed by atoms with Gasteiger partial charge in [0.2, 0.25) is 0 Å². The first-order valence-corrected chi connectivity index (χ1v) is 8.89. The molecule has 1 amide bonds. The Balaban J connectivity index is 1.54. The van der Waals surface area contributed by atoms with Crippen molar-refractivity contribution in [3.05, 3.63) is 52.4 Å². The number of hydrogen-bond acceptors (Lipinski definition) is 5. The minimum atomic E-state index is -0.117. The summed E-state index contributed by atoms with van der Waals surface area (Å²) in [6.07, 6.45) is 3.37. The molecule has 1 N–H and O–H groups in total. The van der Waals surface area contributed by atoms with Crippen molar-refractivity contribution in [3.63, 3.8) is 0 Å². The van der Waals surface area contributed by atoms with E-state index in [0.717, 1.165) is 37.4 Å². The van der Waals surface area contributed by atoms with E-state index < -0.39 is 0 Å². The maximum atomic E-state index is 12.4.